The van der Waals surface area contributed by atoms with E-state index in [1.165, 1.54) is 7.11 Å². The normalized spacial score (nSPS) is 11.6. The molecule has 0 fully saturated rings. The monoisotopic (exact) mass is 374 g/mol. The zero-order valence-corrected chi connectivity index (χ0v) is 16.1. The van der Waals surface area contributed by atoms with Gasteiger partial charge in [-0.25, -0.2) is 0 Å². The van der Waals surface area contributed by atoms with Crippen LogP contribution in [0.1, 0.15) is 46.5 Å². The summed E-state index contributed by atoms with van der Waals surface area (Å²) in [5.41, 5.74) is 2.17. The fourth-order valence-corrected chi connectivity index (χ4v) is 2.49. The number of halogens is 1. The summed E-state index contributed by atoms with van der Waals surface area (Å²) in [7, 11) is 1.51. The minimum atomic E-state index is -0.330. The van der Waals surface area contributed by atoms with E-state index in [1.807, 2.05) is 20.8 Å². The van der Waals surface area contributed by atoms with Crippen LogP contribution in [0.4, 0.5) is 5.69 Å². The quantitative estimate of drug-likeness (QED) is 0.785. The van der Waals surface area contributed by atoms with Crippen molar-refractivity contribution in [2.24, 2.45) is 0 Å². The van der Waals surface area contributed by atoms with E-state index in [0.717, 1.165) is 12.0 Å². The number of ether oxygens (including phenoxy) is 1. The number of hydrogen-bond acceptors (Lipinski definition) is 3. The minimum absolute atomic E-state index is 0.0706. The molecule has 0 saturated heterocycles. The van der Waals surface area contributed by atoms with Crippen molar-refractivity contribution in [3.8, 4) is 5.75 Å². The first-order valence-electron chi connectivity index (χ1n) is 8.42. The Morgan fingerprint density at radius 2 is 1.81 bits per heavy atom. The summed E-state index contributed by atoms with van der Waals surface area (Å²) in [6, 6.07) is 10.1. The molecule has 2 N–H and O–H groups in total. The summed E-state index contributed by atoms with van der Waals surface area (Å²) in [6.07, 6.45) is 0.835. The summed E-state index contributed by atoms with van der Waals surface area (Å²) < 4.78 is 5.27. The number of carbonyl (C=O) groups is 2. The maximum absolute atomic E-state index is 12.6. The van der Waals surface area contributed by atoms with Crippen molar-refractivity contribution in [1.82, 2.24) is 5.32 Å². The molecule has 0 aliphatic carbocycles. The molecule has 138 valence electrons. The number of benzene rings is 2. The molecule has 5 nitrogen and oxygen atoms in total. The van der Waals surface area contributed by atoms with E-state index >= 15 is 0 Å². The van der Waals surface area contributed by atoms with Crippen molar-refractivity contribution in [1.29, 1.82) is 0 Å². The van der Waals surface area contributed by atoms with Crippen molar-refractivity contribution in [2.75, 3.05) is 12.4 Å². The van der Waals surface area contributed by atoms with Crippen LogP contribution >= 0.6 is 11.6 Å². The second kappa shape index (κ2) is 8.72. The maximum atomic E-state index is 12.6. The summed E-state index contributed by atoms with van der Waals surface area (Å²) in [4.78, 5) is 24.9. The van der Waals surface area contributed by atoms with Crippen molar-refractivity contribution in [3.05, 3.63) is 58.1 Å². The van der Waals surface area contributed by atoms with Crippen molar-refractivity contribution in [3.63, 3.8) is 0 Å². The third-order valence-corrected chi connectivity index (χ3v) is 4.51. The third-order valence-electron chi connectivity index (χ3n) is 4.11. The Morgan fingerprint density at radius 1 is 1.15 bits per heavy atom. The van der Waals surface area contributed by atoms with Crippen LogP contribution in [0.5, 0.6) is 5.75 Å². The highest BCUT2D eigenvalue weighted by molar-refractivity contribution is 6.31. The topological polar surface area (TPSA) is 67.4 Å². The molecule has 0 aromatic heterocycles. The van der Waals surface area contributed by atoms with Crippen LogP contribution in [0, 0.1) is 6.92 Å². The van der Waals surface area contributed by atoms with Crippen molar-refractivity contribution in [2.45, 2.75) is 33.2 Å². The third kappa shape index (κ3) is 4.76. The first kappa shape index (κ1) is 19.8. The van der Waals surface area contributed by atoms with E-state index in [9.17, 15) is 9.59 Å². The molecule has 6 heteroatoms. The number of aryl methyl sites for hydroxylation is 1. The summed E-state index contributed by atoms with van der Waals surface area (Å²) in [5.74, 6) is -0.0586. The zero-order chi connectivity index (χ0) is 19.3. The first-order chi connectivity index (χ1) is 12.3. The summed E-state index contributed by atoms with van der Waals surface area (Å²) in [5, 5.41) is 6.26. The van der Waals surface area contributed by atoms with Crippen LogP contribution in [0.2, 0.25) is 5.02 Å². The van der Waals surface area contributed by atoms with E-state index in [2.05, 4.69) is 10.6 Å². The van der Waals surface area contributed by atoms with Crippen molar-refractivity contribution < 1.29 is 14.3 Å². The lowest BCUT2D eigenvalue weighted by Gasteiger charge is -2.13. The van der Waals surface area contributed by atoms with E-state index in [0.29, 0.717) is 27.6 Å². The van der Waals surface area contributed by atoms with Gasteiger partial charge in [0.2, 0.25) is 0 Å². The second-order valence-electron chi connectivity index (χ2n) is 6.12. The SMILES string of the molecule is CCC(C)NC(=O)c1cccc(C(=O)Nc2cc(C)c(Cl)cc2OC)c1. The van der Waals surface area contributed by atoms with Gasteiger partial charge >= 0.3 is 0 Å². The smallest absolute Gasteiger partial charge is 0.255 e. The molecule has 2 aromatic carbocycles. The zero-order valence-electron chi connectivity index (χ0n) is 15.4. The highest BCUT2D eigenvalue weighted by Gasteiger charge is 2.14. The van der Waals surface area contributed by atoms with Crippen LogP contribution in [0.15, 0.2) is 36.4 Å². The minimum Gasteiger partial charge on any atom is -0.495 e. The second-order valence-corrected chi connectivity index (χ2v) is 6.53. The van der Waals surface area contributed by atoms with Gasteiger partial charge < -0.3 is 15.4 Å². The molecule has 1 unspecified atom stereocenters. The molecule has 0 spiro atoms. The number of methoxy groups -OCH3 is 1. The highest BCUT2D eigenvalue weighted by atomic mass is 35.5. The number of anilines is 1. The molecule has 2 rings (SSSR count). The number of nitrogens with one attached hydrogen (secondary N) is 2. The Morgan fingerprint density at radius 3 is 2.42 bits per heavy atom. The Hall–Kier alpha value is -2.53. The van der Waals surface area contributed by atoms with Crippen LogP contribution in [0.3, 0.4) is 0 Å². The van der Waals surface area contributed by atoms with E-state index in [1.54, 1.807) is 36.4 Å². The molecule has 26 heavy (non-hydrogen) atoms. The fraction of sp³-hybridized carbons (Fsp3) is 0.300. The lowest BCUT2D eigenvalue weighted by molar-refractivity contribution is 0.0939. The molecule has 2 aromatic rings. The molecule has 1 atom stereocenters. The Bertz CT molecular complexity index is 821. The Balaban J connectivity index is 2.22. The largest absolute Gasteiger partial charge is 0.495 e. The van der Waals surface area contributed by atoms with E-state index in [4.69, 9.17) is 16.3 Å². The predicted molar refractivity (Wildman–Crippen MR) is 104 cm³/mol. The number of carbonyl (C=O) groups excluding carboxylic acids is 2. The predicted octanol–water partition coefficient (Wildman–Crippen LogP) is 4.44. The number of rotatable bonds is 6. The van der Waals surface area contributed by atoms with Crippen LogP contribution in [-0.4, -0.2) is 25.0 Å². The van der Waals surface area contributed by atoms with Gasteiger partial charge in [0.25, 0.3) is 11.8 Å². The molecule has 0 radical (unpaired) electrons. The van der Waals surface area contributed by atoms with Gasteiger partial charge in [0.15, 0.2) is 0 Å². The molecule has 0 aliphatic heterocycles. The number of hydrogen-bond donors (Lipinski definition) is 2. The summed E-state index contributed by atoms with van der Waals surface area (Å²) in [6.45, 7) is 5.77. The van der Waals surface area contributed by atoms with Gasteiger partial charge in [0, 0.05) is 28.3 Å². The standard InChI is InChI=1S/C20H23ClN2O3/c1-5-13(3)22-19(24)14-7-6-8-15(10-14)20(25)23-17-9-12(2)16(21)11-18(17)26-4/h6-11,13H,5H2,1-4H3,(H,22,24)(H,23,25). The van der Waals surface area contributed by atoms with Crippen LogP contribution in [0.25, 0.3) is 0 Å². The lowest BCUT2D eigenvalue weighted by Crippen LogP contribution is -2.32. The number of amides is 2. The molecule has 0 saturated carbocycles. The fourth-order valence-electron chi connectivity index (χ4n) is 2.34. The molecular formula is C20H23ClN2O3. The van der Waals surface area contributed by atoms with Gasteiger partial charge in [-0.05, 0) is 50.1 Å². The van der Waals surface area contributed by atoms with E-state index in [-0.39, 0.29) is 17.9 Å². The van der Waals surface area contributed by atoms with Crippen molar-refractivity contribution >= 4 is 29.1 Å². The van der Waals surface area contributed by atoms with Crippen LogP contribution in [-0.2, 0) is 0 Å². The van der Waals surface area contributed by atoms with Gasteiger partial charge in [-0.1, -0.05) is 24.6 Å². The molecule has 2 amide bonds. The Kier molecular flexibility index (Phi) is 6.64. The molecular weight excluding hydrogens is 352 g/mol. The van der Waals surface area contributed by atoms with Crippen LogP contribution < -0.4 is 15.4 Å². The average Bonchev–Trinajstić information content (AvgIpc) is 2.64. The Labute approximate surface area is 158 Å². The molecule has 0 bridgehead atoms. The van der Waals surface area contributed by atoms with Gasteiger partial charge in [-0.2, -0.15) is 0 Å². The van der Waals surface area contributed by atoms with Gasteiger partial charge in [0.1, 0.15) is 5.75 Å². The average molecular weight is 375 g/mol. The van der Waals surface area contributed by atoms with Gasteiger partial charge in [-0.15, -0.1) is 0 Å². The van der Waals surface area contributed by atoms with Gasteiger partial charge in [-0.3, -0.25) is 9.59 Å². The highest BCUT2D eigenvalue weighted by Crippen LogP contribution is 2.31. The molecule has 0 aliphatic rings. The first-order valence-corrected chi connectivity index (χ1v) is 8.80. The van der Waals surface area contributed by atoms with E-state index < -0.39 is 0 Å². The lowest BCUT2D eigenvalue weighted by atomic mass is 10.1. The summed E-state index contributed by atoms with van der Waals surface area (Å²) >= 11 is 6.09. The molecule has 0 heterocycles. The van der Waals surface area contributed by atoms with Gasteiger partial charge in [0.05, 0.1) is 12.8 Å². The maximum Gasteiger partial charge on any atom is 0.255 e.